The van der Waals surface area contributed by atoms with Crippen LogP contribution in [0.3, 0.4) is 0 Å². The topological polar surface area (TPSA) is 107 Å². The van der Waals surface area contributed by atoms with Crippen molar-refractivity contribution in [2.45, 2.75) is 39.0 Å². The Bertz CT molecular complexity index is 1210. The van der Waals surface area contributed by atoms with E-state index in [1.165, 1.54) is 23.6 Å². The third-order valence-electron chi connectivity index (χ3n) is 5.53. The molecular formula is C22H22FN5O4. The van der Waals surface area contributed by atoms with E-state index in [0.717, 1.165) is 11.1 Å². The third kappa shape index (κ3) is 3.95. The highest BCUT2D eigenvalue weighted by Crippen LogP contribution is 2.27. The number of aromatic nitrogens is 4. The maximum absolute atomic E-state index is 13.9. The highest BCUT2D eigenvalue weighted by molar-refractivity contribution is 6.06. The second-order valence-electron chi connectivity index (χ2n) is 7.73. The number of fused-ring (bicyclic) bond motifs is 1. The molecule has 166 valence electrons. The minimum atomic E-state index is -1.30. The smallest absolute Gasteiger partial charge is 0.328 e. The Balaban J connectivity index is 1.68. The molecule has 1 saturated heterocycles. The first kappa shape index (κ1) is 21.5. The fourth-order valence-corrected chi connectivity index (χ4v) is 3.92. The van der Waals surface area contributed by atoms with Crippen molar-refractivity contribution >= 4 is 28.6 Å². The number of esters is 1. The van der Waals surface area contributed by atoms with Gasteiger partial charge in [0, 0.05) is 36.7 Å². The number of benzene rings is 1. The third-order valence-corrected chi connectivity index (χ3v) is 5.53. The number of nitrogens with zero attached hydrogens (tertiary/aromatic N) is 5. The molecular weight excluding hydrogens is 417 g/mol. The number of ketones is 1. The Morgan fingerprint density at radius 3 is 2.56 bits per heavy atom. The molecule has 32 heavy (non-hydrogen) atoms. The lowest BCUT2D eigenvalue weighted by atomic mass is 10.0. The second-order valence-corrected chi connectivity index (χ2v) is 7.73. The van der Waals surface area contributed by atoms with Gasteiger partial charge in [0.15, 0.2) is 5.78 Å². The summed E-state index contributed by atoms with van der Waals surface area (Å²) in [4.78, 5) is 46.7. The van der Waals surface area contributed by atoms with Crippen LogP contribution in [0, 0.1) is 6.92 Å². The molecule has 0 N–H and O–H groups in total. The van der Waals surface area contributed by atoms with Crippen LogP contribution in [-0.2, 0) is 20.9 Å². The van der Waals surface area contributed by atoms with Crippen LogP contribution < -0.4 is 0 Å². The molecule has 0 unspecified atom stereocenters. The van der Waals surface area contributed by atoms with Crippen LogP contribution in [0.1, 0.15) is 29.7 Å². The van der Waals surface area contributed by atoms with Gasteiger partial charge in [-0.05, 0) is 24.6 Å². The number of carbonyl (C=O) groups is 3. The second kappa shape index (κ2) is 8.45. The van der Waals surface area contributed by atoms with Crippen LogP contribution in [0.2, 0.25) is 0 Å². The molecule has 9 nitrogen and oxygen atoms in total. The van der Waals surface area contributed by atoms with E-state index in [1.807, 2.05) is 6.07 Å². The normalized spacial score (nSPS) is 18.2. The van der Waals surface area contributed by atoms with Crippen LogP contribution >= 0.6 is 0 Å². The summed E-state index contributed by atoms with van der Waals surface area (Å²) in [5.41, 5.74) is 2.38. The molecule has 2 atom stereocenters. The first-order valence-electron chi connectivity index (χ1n) is 10.1. The molecule has 4 rings (SSSR count). The first-order valence-corrected chi connectivity index (χ1v) is 10.1. The lowest BCUT2D eigenvalue weighted by Crippen LogP contribution is -2.42. The molecule has 1 aliphatic rings. The lowest BCUT2D eigenvalue weighted by molar-refractivity contribution is -0.151. The number of ether oxygens (including phenoxy) is 1. The number of Topliss-reactive ketones (excluding diaryl/α,β-unsaturated/α-hetero) is 1. The minimum absolute atomic E-state index is 0.0983. The van der Waals surface area contributed by atoms with E-state index < -0.39 is 24.1 Å². The number of rotatable bonds is 5. The number of hydrogen-bond acceptors (Lipinski definition) is 7. The van der Waals surface area contributed by atoms with Crippen LogP contribution in [0.15, 0.2) is 30.6 Å². The van der Waals surface area contributed by atoms with Crippen molar-refractivity contribution in [3.63, 3.8) is 0 Å². The van der Waals surface area contributed by atoms with E-state index in [4.69, 9.17) is 4.74 Å². The standard InChI is InChI=1S/C22H22FN5O4/c1-12(29)21-17-6-14(15-8-24-13(2)25-9-15)4-5-18(17)28(26-21)11-20(30)27-10-16(23)7-19(27)22(31)32-3/h4-6,8-9,16,19H,7,10-11H2,1-3H3/t16-,19+/m1/s1. The van der Waals surface area contributed by atoms with Crippen molar-refractivity contribution in [1.29, 1.82) is 0 Å². The van der Waals surface area contributed by atoms with E-state index in [1.54, 1.807) is 31.5 Å². The predicted octanol–water partition coefficient (Wildman–Crippen LogP) is 2.12. The monoisotopic (exact) mass is 439 g/mol. The van der Waals surface area contributed by atoms with Crippen molar-refractivity contribution < 1.29 is 23.5 Å². The van der Waals surface area contributed by atoms with E-state index in [2.05, 4.69) is 15.1 Å². The zero-order valence-corrected chi connectivity index (χ0v) is 17.9. The van der Waals surface area contributed by atoms with Gasteiger partial charge in [0.2, 0.25) is 5.91 Å². The average molecular weight is 439 g/mol. The van der Waals surface area contributed by atoms with Gasteiger partial charge in [-0.3, -0.25) is 14.3 Å². The van der Waals surface area contributed by atoms with Crippen molar-refractivity contribution in [2.24, 2.45) is 0 Å². The van der Waals surface area contributed by atoms with Gasteiger partial charge in [0.1, 0.15) is 30.3 Å². The zero-order valence-electron chi connectivity index (χ0n) is 17.9. The SMILES string of the molecule is COC(=O)[C@@H]1C[C@@H](F)CN1C(=O)Cn1nc(C(C)=O)c2cc(-c3cnc(C)nc3)ccc21. The predicted molar refractivity (Wildman–Crippen MR) is 113 cm³/mol. The van der Waals surface area contributed by atoms with Gasteiger partial charge in [-0.25, -0.2) is 19.2 Å². The van der Waals surface area contributed by atoms with Crippen LogP contribution in [0.5, 0.6) is 0 Å². The highest BCUT2D eigenvalue weighted by atomic mass is 19.1. The molecule has 10 heteroatoms. The summed E-state index contributed by atoms with van der Waals surface area (Å²) in [7, 11) is 1.20. The fraction of sp³-hybridized carbons (Fsp3) is 0.364. The molecule has 1 fully saturated rings. The maximum Gasteiger partial charge on any atom is 0.328 e. The Hall–Kier alpha value is -3.69. The van der Waals surface area contributed by atoms with Crippen LogP contribution in [-0.4, -0.2) is 68.2 Å². The molecule has 0 aliphatic carbocycles. The Morgan fingerprint density at radius 2 is 1.91 bits per heavy atom. The minimum Gasteiger partial charge on any atom is -0.467 e. The van der Waals surface area contributed by atoms with Crippen LogP contribution in [0.4, 0.5) is 4.39 Å². The summed E-state index contributed by atoms with van der Waals surface area (Å²) < 4.78 is 20.0. The summed E-state index contributed by atoms with van der Waals surface area (Å²) in [5, 5.41) is 4.92. The number of alkyl halides is 1. The van der Waals surface area contributed by atoms with E-state index in [-0.39, 0.29) is 31.0 Å². The summed E-state index contributed by atoms with van der Waals surface area (Å²) in [6.07, 6.45) is 1.99. The largest absolute Gasteiger partial charge is 0.467 e. The molecule has 1 aliphatic heterocycles. The highest BCUT2D eigenvalue weighted by Gasteiger charge is 2.40. The fourth-order valence-electron chi connectivity index (χ4n) is 3.92. The van der Waals surface area contributed by atoms with Crippen molar-refractivity contribution in [3.8, 4) is 11.1 Å². The van der Waals surface area contributed by atoms with Gasteiger partial charge < -0.3 is 9.64 Å². The maximum atomic E-state index is 13.9. The van der Waals surface area contributed by atoms with Gasteiger partial charge >= 0.3 is 5.97 Å². The number of hydrogen-bond donors (Lipinski definition) is 0. The summed E-state index contributed by atoms with van der Waals surface area (Å²) in [5.74, 6) is -0.738. The van der Waals surface area contributed by atoms with E-state index >= 15 is 0 Å². The van der Waals surface area contributed by atoms with Gasteiger partial charge in [0.25, 0.3) is 0 Å². The number of amides is 1. The number of methoxy groups -OCH3 is 1. The number of likely N-dealkylation sites (tertiary alicyclic amines) is 1. The van der Waals surface area contributed by atoms with E-state index in [0.29, 0.717) is 16.7 Å². The Morgan fingerprint density at radius 1 is 1.19 bits per heavy atom. The number of carbonyl (C=O) groups excluding carboxylic acids is 3. The average Bonchev–Trinajstić information content (AvgIpc) is 3.34. The number of halogens is 1. The summed E-state index contributed by atoms with van der Waals surface area (Å²) in [6.45, 7) is 2.76. The summed E-state index contributed by atoms with van der Waals surface area (Å²) in [6, 6.07) is 4.42. The quantitative estimate of drug-likeness (QED) is 0.443. The molecule has 0 saturated carbocycles. The molecule has 2 aromatic heterocycles. The molecule has 0 bridgehead atoms. The molecule has 0 spiro atoms. The Kier molecular flexibility index (Phi) is 5.68. The molecule has 3 aromatic rings. The molecule has 1 aromatic carbocycles. The zero-order chi connectivity index (χ0) is 23.0. The van der Waals surface area contributed by atoms with Crippen molar-refractivity contribution in [3.05, 3.63) is 42.1 Å². The van der Waals surface area contributed by atoms with Crippen LogP contribution in [0.25, 0.3) is 22.0 Å². The Labute approximate surface area is 183 Å². The van der Waals surface area contributed by atoms with Crippen molar-refractivity contribution in [1.82, 2.24) is 24.6 Å². The molecule has 3 heterocycles. The van der Waals surface area contributed by atoms with Gasteiger partial charge in [0.05, 0.1) is 19.2 Å². The first-order chi connectivity index (χ1) is 15.3. The molecule has 0 radical (unpaired) electrons. The number of aryl methyl sites for hydroxylation is 1. The van der Waals surface area contributed by atoms with Crippen molar-refractivity contribution in [2.75, 3.05) is 13.7 Å². The van der Waals surface area contributed by atoms with Gasteiger partial charge in [-0.1, -0.05) is 6.07 Å². The van der Waals surface area contributed by atoms with E-state index in [9.17, 15) is 18.8 Å². The lowest BCUT2D eigenvalue weighted by Gasteiger charge is -2.22. The van der Waals surface area contributed by atoms with Gasteiger partial charge in [-0.2, -0.15) is 5.10 Å². The summed E-state index contributed by atoms with van der Waals surface area (Å²) >= 11 is 0. The molecule has 1 amide bonds. The van der Waals surface area contributed by atoms with Gasteiger partial charge in [-0.15, -0.1) is 0 Å².